The van der Waals surface area contributed by atoms with Crippen molar-refractivity contribution in [3.05, 3.63) is 25.3 Å². The second-order valence-corrected chi connectivity index (χ2v) is 10.6. The lowest BCUT2D eigenvalue weighted by molar-refractivity contribution is -0.138. The maximum atomic E-state index is 12.2. The van der Waals surface area contributed by atoms with Gasteiger partial charge in [0.2, 0.25) is 7.37 Å². The first-order valence-corrected chi connectivity index (χ1v) is 13.8. The minimum Gasteiger partial charge on any atom is -0.463 e. The van der Waals surface area contributed by atoms with Crippen LogP contribution >= 0.6 is 7.37 Å². The molecule has 0 aliphatic carbocycles. The smallest absolute Gasteiger partial charge is 0.330 e. The SMILES string of the molecule is C=CC(=O)OCCCCCCCCCP(=O)(O)CCCCCCCCCOC(=O)C=C. The zero-order chi connectivity index (χ0) is 23.2. The van der Waals surface area contributed by atoms with Gasteiger partial charge in [-0.2, -0.15) is 0 Å². The Kier molecular flexibility index (Phi) is 19.6. The largest absolute Gasteiger partial charge is 0.463 e. The van der Waals surface area contributed by atoms with E-state index >= 15 is 0 Å². The zero-order valence-electron chi connectivity index (χ0n) is 19.2. The van der Waals surface area contributed by atoms with Crippen LogP contribution in [0, 0.1) is 0 Å². The molecule has 0 aromatic heterocycles. The number of unbranched alkanes of at least 4 members (excludes halogenated alkanes) is 12. The summed E-state index contributed by atoms with van der Waals surface area (Å²) in [5.74, 6) is -0.733. The van der Waals surface area contributed by atoms with Gasteiger partial charge in [0, 0.05) is 24.5 Å². The Morgan fingerprint density at radius 1 is 0.613 bits per heavy atom. The van der Waals surface area contributed by atoms with E-state index in [1.807, 2.05) is 0 Å². The number of hydrogen-bond acceptors (Lipinski definition) is 5. The van der Waals surface area contributed by atoms with Crippen LogP contribution in [0.15, 0.2) is 25.3 Å². The van der Waals surface area contributed by atoms with Gasteiger partial charge >= 0.3 is 11.9 Å². The van der Waals surface area contributed by atoms with Gasteiger partial charge in [-0.05, 0) is 25.7 Å². The molecule has 180 valence electrons. The summed E-state index contributed by atoms with van der Waals surface area (Å²) >= 11 is 0. The fraction of sp³-hybridized carbons (Fsp3) is 0.750. The van der Waals surface area contributed by atoms with Crippen LogP contribution in [0.1, 0.15) is 89.9 Å². The summed E-state index contributed by atoms with van der Waals surface area (Å²) in [6, 6.07) is 0. The van der Waals surface area contributed by atoms with E-state index in [0.717, 1.165) is 89.9 Å². The second kappa shape index (κ2) is 20.5. The summed E-state index contributed by atoms with van der Waals surface area (Å²) in [5.41, 5.74) is 0. The minimum atomic E-state index is -2.97. The molecule has 0 atom stereocenters. The van der Waals surface area contributed by atoms with E-state index in [9.17, 15) is 19.0 Å². The second-order valence-electron chi connectivity index (χ2n) is 7.99. The third kappa shape index (κ3) is 21.6. The number of carbonyl (C=O) groups excluding carboxylic acids is 2. The maximum absolute atomic E-state index is 12.2. The molecule has 7 heteroatoms. The van der Waals surface area contributed by atoms with Crippen molar-refractivity contribution in [3.63, 3.8) is 0 Å². The van der Waals surface area contributed by atoms with Crippen molar-refractivity contribution < 1.29 is 28.5 Å². The topological polar surface area (TPSA) is 89.9 Å². The molecule has 0 unspecified atom stereocenters. The lowest BCUT2D eigenvalue weighted by Crippen LogP contribution is -2.01. The van der Waals surface area contributed by atoms with E-state index in [-0.39, 0.29) is 11.9 Å². The molecule has 0 fully saturated rings. The average molecular weight is 459 g/mol. The number of esters is 2. The summed E-state index contributed by atoms with van der Waals surface area (Å²) in [6.45, 7) is 7.61. The highest BCUT2D eigenvalue weighted by atomic mass is 31.2. The van der Waals surface area contributed by atoms with Crippen LogP contribution in [-0.4, -0.2) is 42.4 Å². The summed E-state index contributed by atoms with van der Waals surface area (Å²) in [7, 11) is -2.97. The van der Waals surface area contributed by atoms with E-state index in [0.29, 0.717) is 25.5 Å². The van der Waals surface area contributed by atoms with Gasteiger partial charge in [-0.3, -0.25) is 4.57 Å². The van der Waals surface area contributed by atoms with Crippen LogP contribution in [0.2, 0.25) is 0 Å². The van der Waals surface area contributed by atoms with E-state index in [2.05, 4.69) is 13.2 Å². The van der Waals surface area contributed by atoms with Crippen molar-refractivity contribution in [2.24, 2.45) is 0 Å². The highest BCUT2D eigenvalue weighted by Crippen LogP contribution is 2.42. The molecule has 0 rings (SSSR count). The standard InChI is InChI=1S/C24H43O6P/c1-3-23(25)29-19-15-11-7-5-9-13-17-21-31(27,28)22-18-14-10-6-8-12-16-20-30-24(26)4-2/h3-4H,1-2,5-22H2,(H,27,28). The predicted octanol–water partition coefficient (Wildman–Crippen LogP) is 6.18. The maximum Gasteiger partial charge on any atom is 0.330 e. The van der Waals surface area contributed by atoms with E-state index < -0.39 is 7.37 Å². The average Bonchev–Trinajstić information content (AvgIpc) is 2.75. The van der Waals surface area contributed by atoms with Gasteiger partial charge in [-0.15, -0.1) is 0 Å². The first kappa shape index (κ1) is 29.6. The molecule has 0 bridgehead atoms. The van der Waals surface area contributed by atoms with Gasteiger partial charge in [-0.25, -0.2) is 9.59 Å². The third-order valence-electron chi connectivity index (χ3n) is 5.13. The molecule has 31 heavy (non-hydrogen) atoms. The van der Waals surface area contributed by atoms with Gasteiger partial charge in [0.25, 0.3) is 0 Å². The summed E-state index contributed by atoms with van der Waals surface area (Å²) in [4.78, 5) is 31.9. The van der Waals surface area contributed by atoms with Crippen molar-refractivity contribution in [1.29, 1.82) is 0 Å². The highest BCUT2D eigenvalue weighted by molar-refractivity contribution is 7.57. The Bertz CT molecular complexity index is 502. The fourth-order valence-electron chi connectivity index (χ4n) is 3.26. The van der Waals surface area contributed by atoms with Crippen LogP contribution in [0.25, 0.3) is 0 Å². The minimum absolute atomic E-state index is 0.367. The monoisotopic (exact) mass is 458 g/mol. The van der Waals surface area contributed by atoms with Crippen molar-refractivity contribution >= 4 is 19.3 Å². The normalized spacial score (nSPS) is 11.1. The summed E-state index contributed by atoms with van der Waals surface area (Å²) in [6.07, 6.45) is 17.3. The van der Waals surface area contributed by atoms with Crippen LogP contribution in [0.3, 0.4) is 0 Å². The molecule has 0 amide bonds. The van der Waals surface area contributed by atoms with Gasteiger partial charge in [0.1, 0.15) is 0 Å². The Labute approximate surface area is 188 Å². The Hall–Kier alpha value is -1.39. The molecule has 0 spiro atoms. The lowest BCUT2D eigenvalue weighted by atomic mass is 10.1. The molecule has 6 nitrogen and oxygen atoms in total. The third-order valence-corrected chi connectivity index (χ3v) is 7.16. The molecule has 0 radical (unpaired) electrons. The van der Waals surface area contributed by atoms with Crippen LogP contribution in [0.5, 0.6) is 0 Å². The van der Waals surface area contributed by atoms with Crippen LogP contribution in [-0.2, 0) is 23.6 Å². The number of carbonyl (C=O) groups is 2. The Morgan fingerprint density at radius 3 is 1.23 bits per heavy atom. The first-order chi connectivity index (χ1) is 14.9. The van der Waals surface area contributed by atoms with Crippen molar-refractivity contribution in [1.82, 2.24) is 0 Å². The molecule has 0 aromatic carbocycles. The highest BCUT2D eigenvalue weighted by Gasteiger charge is 2.16. The molecule has 0 heterocycles. The molecule has 0 aliphatic rings. The van der Waals surface area contributed by atoms with E-state index in [1.54, 1.807) is 0 Å². The van der Waals surface area contributed by atoms with Gasteiger partial charge < -0.3 is 14.4 Å². The molecule has 0 saturated carbocycles. The Balaban J connectivity index is 3.40. The van der Waals surface area contributed by atoms with Crippen molar-refractivity contribution in [3.8, 4) is 0 Å². The predicted molar refractivity (Wildman–Crippen MR) is 127 cm³/mol. The van der Waals surface area contributed by atoms with Crippen LogP contribution in [0.4, 0.5) is 0 Å². The summed E-state index contributed by atoms with van der Waals surface area (Å²) < 4.78 is 22.1. The first-order valence-electron chi connectivity index (χ1n) is 11.8. The van der Waals surface area contributed by atoms with Crippen LogP contribution < -0.4 is 0 Å². The van der Waals surface area contributed by atoms with Gasteiger partial charge in [0.15, 0.2) is 0 Å². The molecule has 0 aromatic rings. The molecule has 0 saturated heterocycles. The van der Waals surface area contributed by atoms with Crippen molar-refractivity contribution in [2.45, 2.75) is 89.9 Å². The van der Waals surface area contributed by atoms with Gasteiger partial charge in [-0.1, -0.05) is 77.4 Å². The molecular formula is C24H43O6P. The lowest BCUT2D eigenvalue weighted by Gasteiger charge is -2.11. The molecule has 0 aliphatic heterocycles. The fourth-order valence-corrected chi connectivity index (χ4v) is 4.92. The number of ether oxygens (including phenoxy) is 2. The van der Waals surface area contributed by atoms with E-state index in [4.69, 9.17) is 9.47 Å². The summed E-state index contributed by atoms with van der Waals surface area (Å²) in [5, 5.41) is 0. The number of rotatable bonds is 22. The van der Waals surface area contributed by atoms with Crippen molar-refractivity contribution in [2.75, 3.05) is 25.5 Å². The quantitative estimate of drug-likeness (QED) is 0.0902. The van der Waals surface area contributed by atoms with Gasteiger partial charge in [0.05, 0.1) is 13.2 Å². The Morgan fingerprint density at radius 2 is 0.903 bits per heavy atom. The van der Waals surface area contributed by atoms with E-state index in [1.165, 1.54) is 12.2 Å². The molecule has 1 N–H and O–H groups in total. The zero-order valence-corrected chi connectivity index (χ0v) is 20.1. The molecular weight excluding hydrogens is 415 g/mol. The number of hydrogen-bond donors (Lipinski definition) is 1.